The van der Waals surface area contributed by atoms with E-state index in [1.54, 1.807) is 36.8 Å². The highest BCUT2D eigenvalue weighted by Crippen LogP contribution is 2.25. The third-order valence-electron chi connectivity index (χ3n) is 2.14. The fourth-order valence-corrected chi connectivity index (χ4v) is 1.41. The number of rotatable bonds is 4. The van der Waals surface area contributed by atoms with Crippen molar-refractivity contribution in [1.29, 1.82) is 0 Å². The molecule has 5 heteroatoms. The van der Waals surface area contributed by atoms with Crippen molar-refractivity contribution in [3.63, 3.8) is 0 Å². The highest BCUT2D eigenvalue weighted by atomic mass is 16.4. The molecular formula is C12H10N2O3. The van der Waals surface area contributed by atoms with Gasteiger partial charge in [0.15, 0.2) is 11.8 Å². The standard InChI is InChI=1S/C12H10N2O3/c1-3-9(15-7-1)13-11-5-6-12(17-11)14-10-4-2-8-16-10/h1-8,13-14H. The predicted molar refractivity (Wildman–Crippen MR) is 62.7 cm³/mol. The lowest BCUT2D eigenvalue weighted by Crippen LogP contribution is -1.86. The molecule has 0 bridgehead atoms. The summed E-state index contributed by atoms with van der Waals surface area (Å²) in [5.74, 6) is 2.44. The van der Waals surface area contributed by atoms with Crippen molar-refractivity contribution in [3.8, 4) is 0 Å². The van der Waals surface area contributed by atoms with Gasteiger partial charge in [0, 0.05) is 24.3 Å². The first kappa shape index (κ1) is 9.65. The van der Waals surface area contributed by atoms with Gasteiger partial charge in [0.05, 0.1) is 12.5 Å². The first-order valence-electron chi connectivity index (χ1n) is 5.11. The lowest BCUT2D eigenvalue weighted by atomic mass is 10.5. The second kappa shape index (κ2) is 4.13. The smallest absolute Gasteiger partial charge is 0.202 e. The number of hydrogen-bond donors (Lipinski definition) is 2. The summed E-state index contributed by atoms with van der Waals surface area (Å²) >= 11 is 0. The molecule has 0 aliphatic carbocycles. The van der Waals surface area contributed by atoms with Gasteiger partial charge in [0.2, 0.25) is 11.8 Å². The number of hydrogen-bond acceptors (Lipinski definition) is 5. The minimum Gasteiger partial charge on any atom is -0.449 e. The summed E-state index contributed by atoms with van der Waals surface area (Å²) < 4.78 is 15.8. The summed E-state index contributed by atoms with van der Waals surface area (Å²) in [6.45, 7) is 0. The van der Waals surface area contributed by atoms with Crippen molar-refractivity contribution < 1.29 is 13.3 Å². The molecule has 0 saturated heterocycles. The molecule has 0 aliphatic rings. The van der Waals surface area contributed by atoms with Gasteiger partial charge in [-0.3, -0.25) is 10.6 Å². The fraction of sp³-hybridized carbons (Fsp3) is 0. The van der Waals surface area contributed by atoms with Crippen molar-refractivity contribution in [3.05, 3.63) is 48.9 Å². The van der Waals surface area contributed by atoms with Gasteiger partial charge in [-0.25, -0.2) is 0 Å². The molecule has 3 aromatic heterocycles. The van der Waals surface area contributed by atoms with Crippen LogP contribution in [0.4, 0.5) is 23.5 Å². The Labute approximate surface area is 97.0 Å². The maximum Gasteiger partial charge on any atom is 0.202 e. The summed E-state index contributed by atoms with van der Waals surface area (Å²) in [6, 6.07) is 10.8. The second-order valence-electron chi connectivity index (χ2n) is 3.37. The highest BCUT2D eigenvalue weighted by Gasteiger charge is 2.04. The second-order valence-corrected chi connectivity index (χ2v) is 3.37. The van der Waals surface area contributed by atoms with Crippen LogP contribution in [0.3, 0.4) is 0 Å². The van der Waals surface area contributed by atoms with Gasteiger partial charge in [-0.05, 0) is 12.1 Å². The zero-order chi connectivity index (χ0) is 11.5. The summed E-state index contributed by atoms with van der Waals surface area (Å²) in [5.41, 5.74) is 0. The molecule has 0 unspecified atom stereocenters. The largest absolute Gasteiger partial charge is 0.449 e. The number of furan rings is 3. The topological polar surface area (TPSA) is 63.5 Å². The Morgan fingerprint density at radius 1 is 0.647 bits per heavy atom. The Morgan fingerprint density at radius 3 is 1.59 bits per heavy atom. The van der Waals surface area contributed by atoms with Crippen molar-refractivity contribution >= 4 is 23.5 Å². The molecule has 0 amide bonds. The van der Waals surface area contributed by atoms with E-state index < -0.39 is 0 Å². The normalized spacial score (nSPS) is 10.4. The molecular weight excluding hydrogens is 220 g/mol. The van der Waals surface area contributed by atoms with Crippen LogP contribution >= 0.6 is 0 Å². The van der Waals surface area contributed by atoms with E-state index in [2.05, 4.69) is 10.6 Å². The van der Waals surface area contributed by atoms with E-state index in [1.807, 2.05) is 12.1 Å². The van der Waals surface area contributed by atoms with Crippen LogP contribution in [0.1, 0.15) is 0 Å². The van der Waals surface area contributed by atoms with Crippen LogP contribution in [0.5, 0.6) is 0 Å². The molecule has 86 valence electrons. The van der Waals surface area contributed by atoms with E-state index in [-0.39, 0.29) is 0 Å². The number of anilines is 4. The van der Waals surface area contributed by atoms with Crippen molar-refractivity contribution in [1.82, 2.24) is 0 Å². The molecule has 5 nitrogen and oxygen atoms in total. The van der Waals surface area contributed by atoms with Crippen LogP contribution in [-0.4, -0.2) is 0 Å². The minimum absolute atomic E-state index is 0.592. The van der Waals surface area contributed by atoms with Crippen LogP contribution in [0.2, 0.25) is 0 Å². The lowest BCUT2D eigenvalue weighted by Gasteiger charge is -1.98. The fourth-order valence-electron chi connectivity index (χ4n) is 1.41. The molecule has 3 heterocycles. The van der Waals surface area contributed by atoms with Gasteiger partial charge in [0.25, 0.3) is 0 Å². The van der Waals surface area contributed by atoms with Crippen LogP contribution in [0.15, 0.2) is 62.2 Å². The molecule has 0 radical (unpaired) electrons. The third-order valence-corrected chi connectivity index (χ3v) is 2.14. The van der Waals surface area contributed by atoms with Gasteiger partial charge < -0.3 is 13.3 Å². The van der Waals surface area contributed by atoms with E-state index in [0.717, 1.165) is 0 Å². The van der Waals surface area contributed by atoms with E-state index >= 15 is 0 Å². The molecule has 0 aromatic carbocycles. The Balaban J connectivity index is 1.70. The molecule has 0 fully saturated rings. The Bertz CT molecular complexity index is 516. The summed E-state index contributed by atoms with van der Waals surface area (Å²) in [6.07, 6.45) is 3.18. The number of nitrogens with one attached hydrogen (secondary N) is 2. The average Bonchev–Trinajstić information content (AvgIpc) is 3.02. The molecule has 0 atom stereocenters. The Morgan fingerprint density at radius 2 is 1.18 bits per heavy atom. The first-order valence-corrected chi connectivity index (χ1v) is 5.11. The quantitative estimate of drug-likeness (QED) is 0.710. The molecule has 0 saturated carbocycles. The SMILES string of the molecule is c1coc(Nc2ccc(Nc3ccco3)o2)c1. The molecule has 0 spiro atoms. The zero-order valence-electron chi connectivity index (χ0n) is 8.84. The maximum absolute atomic E-state index is 5.49. The molecule has 17 heavy (non-hydrogen) atoms. The Hall–Kier alpha value is -2.56. The van der Waals surface area contributed by atoms with Crippen molar-refractivity contribution in [2.75, 3.05) is 10.6 Å². The van der Waals surface area contributed by atoms with Crippen LogP contribution in [0, 0.1) is 0 Å². The molecule has 3 rings (SSSR count). The third kappa shape index (κ3) is 2.17. The lowest BCUT2D eigenvalue weighted by molar-refractivity contribution is 0.557. The van der Waals surface area contributed by atoms with Gasteiger partial charge in [-0.2, -0.15) is 0 Å². The highest BCUT2D eigenvalue weighted by molar-refractivity contribution is 5.55. The van der Waals surface area contributed by atoms with Gasteiger partial charge >= 0.3 is 0 Å². The van der Waals surface area contributed by atoms with Gasteiger partial charge in [-0.1, -0.05) is 0 Å². The predicted octanol–water partition coefficient (Wildman–Crippen LogP) is 3.95. The minimum atomic E-state index is 0.592. The van der Waals surface area contributed by atoms with E-state index in [9.17, 15) is 0 Å². The summed E-state index contributed by atoms with van der Waals surface area (Å²) in [7, 11) is 0. The molecule has 3 aromatic rings. The molecule has 0 aliphatic heterocycles. The van der Waals surface area contributed by atoms with E-state index in [1.165, 1.54) is 0 Å². The Kier molecular flexibility index (Phi) is 2.34. The van der Waals surface area contributed by atoms with E-state index in [4.69, 9.17) is 13.3 Å². The van der Waals surface area contributed by atoms with Gasteiger partial charge in [-0.15, -0.1) is 0 Å². The van der Waals surface area contributed by atoms with Crippen molar-refractivity contribution in [2.24, 2.45) is 0 Å². The van der Waals surface area contributed by atoms with Crippen molar-refractivity contribution in [2.45, 2.75) is 0 Å². The first-order chi connectivity index (χ1) is 8.40. The van der Waals surface area contributed by atoms with Gasteiger partial charge in [0.1, 0.15) is 0 Å². The average molecular weight is 230 g/mol. The van der Waals surface area contributed by atoms with Crippen LogP contribution in [-0.2, 0) is 0 Å². The van der Waals surface area contributed by atoms with E-state index in [0.29, 0.717) is 23.5 Å². The van der Waals surface area contributed by atoms with Crippen LogP contribution < -0.4 is 10.6 Å². The summed E-state index contributed by atoms with van der Waals surface area (Å²) in [5, 5.41) is 5.96. The zero-order valence-corrected chi connectivity index (χ0v) is 8.84. The summed E-state index contributed by atoms with van der Waals surface area (Å²) in [4.78, 5) is 0. The molecule has 2 N–H and O–H groups in total. The maximum atomic E-state index is 5.49. The monoisotopic (exact) mass is 230 g/mol. The van der Waals surface area contributed by atoms with Crippen LogP contribution in [0.25, 0.3) is 0 Å².